The van der Waals surface area contributed by atoms with E-state index in [1.165, 1.54) is 0 Å². The van der Waals surface area contributed by atoms with E-state index in [4.69, 9.17) is 39.5 Å². The van der Waals surface area contributed by atoms with Gasteiger partial charge < -0.3 is 20.7 Å². The molecular weight excluding hydrogens is 549 g/mol. The fourth-order valence-electron chi connectivity index (χ4n) is 2.31. The number of amides is 1. The van der Waals surface area contributed by atoms with Crippen molar-refractivity contribution >= 4 is 70.6 Å². The summed E-state index contributed by atoms with van der Waals surface area (Å²) >= 11 is 18.1. The van der Waals surface area contributed by atoms with E-state index in [1.54, 1.807) is 38.4 Å². The Morgan fingerprint density at radius 1 is 1.07 bits per heavy atom. The summed E-state index contributed by atoms with van der Waals surface area (Å²) < 4.78 is 5.62. The molecule has 10 heteroatoms. The summed E-state index contributed by atoms with van der Waals surface area (Å²) in [5.41, 5.74) is 1.64. The zero-order chi connectivity index (χ0) is 20.5. The molecule has 0 heterocycles. The Morgan fingerprint density at radius 2 is 1.69 bits per heavy atom. The van der Waals surface area contributed by atoms with Gasteiger partial charge in [-0.2, -0.15) is 0 Å². The van der Waals surface area contributed by atoms with Gasteiger partial charge in [-0.25, -0.2) is 0 Å². The van der Waals surface area contributed by atoms with E-state index in [0.717, 1.165) is 5.56 Å². The molecule has 0 unspecified atom stereocenters. The number of nitrogens with one attached hydrogen (secondary N) is 3. The van der Waals surface area contributed by atoms with Gasteiger partial charge in [0.1, 0.15) is 6.61 Å². The maximum Gasteiger partial charge on any atom is 0.251 e. The van der Waals surface area contributed by atoms with E-state index < -0.39 is 0 Å². The fourth-order valence-corrected chi connectivity index (χ4v) is 3.24. The number of benzene rings is 2. The van der Waals surface area contributed by atoms with Crippen LogP contribution in [0.15, 0.2) is 41.4 Å². The first-order valence-corrected chi connectivity index (χ1v) is 9.61. The predicted molar refractivity (Wildman–Crippen MR) is 130 cm³/mol. The lowest BCUT2D eigenvalue weighted by Gasteiger charge is -2.14. The molecular formula is C19H22Cl3IN4O2. The first-order valence-electron chi connectivity index (χ1n) is 8.47. The number of carbonyl (C=O) groups is 1. The van der Waals surface area contributed by atoms with Crippen molar-refractivity contribution in [3.05, 3.63) is 62.6 Å². The van der Waals surface area contributed by atoms with E-state index in [-0.39, 0.29) is 29.9 Å². The van der Waals surface area contributed by atoms with Gasteiger partial charge in [-0.15, -0.1) is 24.0 Å². The van der Waals surface area contributed by atoms with Crippen LogP contribution in [0, 0.1) is 0 Å². The van der Waals surface area contributed by atoms with Crippen LogP contribution in [0.5, 0.6) is 5.75 Å². The maximum atomic E-state index is 11.6. The maximum absolute atomic E-state index is 11.6. The van der Waals surface area contributed by atoms with Crippen LogP contribution in [-0.4, -0.2) is 39.1 Å². The van der Waals surface area contributed by atoms with Gasteiger partial charge in [0.2, 0.25) is 0 Å². The second-order valence-corrected chi connectivity index (χ2v) is 6.93. The highest BCUT2D eigenvalue weighted by atomic mass is 127. The number of carbonyl (C=O) groups excluding carboxylic acids is 1. The van der Waals surface area contributed by atoms with Crippen LogP contribution in [-0.2, 0) is 6.54 Å². The molecule has 0 aromatic heterocycles. The summed E-state index contributed by atoms with van der Waals surface area (Å²) in [4.78, 5) is 15.7. The zero-order valence-corrected chi connectivity index (χ0v) is 20.5. The van der Waals surface area contributed by atoms with Crippen LogP contribution >= 0.6 is 58.8 Å². The van der Waals surface area contributed by atoms with Crippen molar-refractivity contribution in [2.45, 2.75) is 6.54 Å². The van der Waals surface area contributed by atoms with E-state index >= 15 is 0 Å². The Bertz CT molecular complexity index is 825. The second-order valence-electron chi connectivity index (χ2n) is 5.68. The molecule has 2 rings (SSSR count). The molecule has 29 heavy (non-hydrogen) atoms. The third-order valence-electron chi connectivity index (χ3n) is 3.73. The van der Waals surface area contributed by atoms with Gasteiger partial charge in [-0.05, 0) is 29.8 Å². The zero-order valence-electron chi connectivity index (χ0n) is 15.9. The summed E-state index contributed by atoms with van der Waals surface area (Å²) in [6, 6.07) is 10.5. The van der Waals surface area contributed by atoms with Crippen LogP contribution in [0.4, 0.5) is 0 Å². The lowest BCUT2D eigenvalue weighted by molar-refractivity contribution is 0.0963. The molecule has 0 radical (unpaired) electrons. The predicted octanol–water partition coefficient (Wildman–Crippen LogP) is 4.37. The summed E-state index contributed by atoms with van der Waals surface area (Å²) in [6.45, 7) is 1.39. The molecule has 0 aliphatic carbocycles. The Balaban J connectivity index is 0.00000420. The lowest BCUT2D eigenvalue weighted by Crippen LogP contribution is -2.38. The number of ether oxygens (including phenoxy) is 1. The largest absolute Gasteiger partial charge is 0.489 e. The minimum atomic E-state index is -0.113. The van der Waals surface area contributed by atoms with Crippen LogP contribution in [0.3, 0.4) is 0 Å². The SMILES string of the molecule is CN=C(NCCOc1c(Cl)cc(Cl)cc1Cl)NCc1ccc(C(=O)NC)cc1.I. The summed E-state index contributed by atoms with van der Waals surface area (Å²) in [5.74, 6) is 0.902. The number of halogens is 4. The average Bonchev–Trinajstić information content (AvgIpc) is 2.68. The third-order valence-corrected chi connectivity index (χ3v) is 4.51. The number of nitrogens with zero attached hydrogens (tertiary/aromatic N) is 1. The third kappa shape index (κ3) is 8.08. The molecule has 1 amide bonds. The van der Waals surface area contributed by atoms with Crippen molar-refractivity contribution in [2.24, 2.45) is 4.99 Å². The van der Waals surface area contributed by atoms with Crippen molar-refractivity contribution in [1.82, 2.24) is 16.0 Å². The van der Waals surface area contributed by atoms with Crippen molar-refractivity contribution in [1.29, 1.82) is 0 Å². The number of hydrogen-bond donors (Lipinski definition) is 3. The van der Waals surface area contributed by atoms with Crippen molar-refractivity contribution in [3.8, 4) is 5.75 Å². The van der Waals surface area contributed by atoms with Crippen molar-refractivity contribution in [2.75, 3.05) is 27.2 Å². The molecule has 158 valence electrons. The van der Waals surface area contributed by atoms with E-state index in [2.05, 4.69) is 20.9 Å². The molecule has 0 spiro atoms. The van der Waals surface area contributed by atoms with E-state index in [9.17, 15) is 4.79 Å². The quantitative estimate of drug-likeness (QED) is 0.200. The molecule has 0 atom stereocenters. The van der Waals surface area contributed by atoms with Crippen LogP contribution in [0.1, 0.15) is 15.9 Å². The van der Waals surface area contributed by atoms with Gasteiger partial charge >= 0.3 is 0 Å². The Kier molecular flexibility index (Phi) is 11.5. The number of aliphatic imine (C=N–C) groups is 1. The summed E-state index contributed by atoms with van der Waals surface area (Å²) in [5, 5.41) is 10.1. The van der Waals surface area contributed by atoms with Crippen LogP contribution in [0.2, 0.25) is 15.1 Å². The number of hydrogen-bond acceptors (Lipinski definition) is 3. The molecule has 0 fully saturated rings. The highest BCUT2D eigenvalue weighted by Crippen LogP contribution is 2.35. The Labute approximate surface area is 202 Å². The number of rotatable bonds is 7. The van der Waals surface area contributed by atoms with E-state index in [0.29, 0.717) is 52.0 Å². The Morgan fingerprint density at radius 3 is 2.24 bits per heavy atom. The van der Waals surface area contributed by atoms with Gasteiger partial charge in [0.05, 0.1) is 16.6 Å². The smallest absolute Gasteiger partial charge is 0.251 e. The van der Waals surface area contributed by atoms with Crippen LogP contribution < -0.4 is 20.7 Å². The molecule has 0 aliphatic rings. The fraction of sp³-hybridized carbons (Fsp3) is 0.263. The van der Waals surface area contributed by atoms with Gasteiger partial charge in [-0.1, -0.05) is 46.9 Å². The normalized spacial score (nSPS) is 10.7. The molecule has 0 saturated carbocycles. The van der Waals surface area contributed by atoms with Crippen molar-refractivity contribution < 1.29 is 9.53 Å². The molecule has 0 bridgehead atoms. The van der Waals surface area contributed by atoms with Gasteiger partial charge in [-0.3, -0.25) is 9.79 Å². The number of guanidine groups is 1. The standard InChI is InChI=1S/C19H21Cl3N4O2.HI/c1-23-18(27)13-5-3-12(4-6-13)11-26-19(24-2)25-7-8-28-17-15(21)9-14(20)10-16(17)22;/h3-6,9-10H,7-8,11H2,1-2H3,(H,23,27)(H2,24,25,26);1H. The second kappa shape index (κ2) is 13.0. The molecule has 3 N–H and O–H groups in total. The topological polar surface area (TPSA) is 74.8 Å². The molecule has 0 saturated heterocycles. The highest BCUT2D eigenvalue weighted by Gasteiger charge is 2.09. The Hall–Kier alpha value is -1.42. The van der Waals surface area contributed by atoms with Crippen molar-refractivity contribution in [3.63, 3.8) is 0 Å². The molecule has 2 aromatic rings. The van der Waals surface area contributed by atoms with Gasteiger partial charge in [0, 0.05) is 31.2 Å². The van der Waals surface area contributed by atoms with E-state index in [1.807, 2.05) is 12.1 Å². The first kappa shape index (κ1) is 25.6. The van der Waals surface area contributed by atoms with Gasteiger partial charge in [0.15, 0.2) is 11.7 Å². The monoisotopic (exact) mass is 570 g/mol. The van der Waals surface area contributed by atoms with Gasteiger partial charge in [0.25, 0.3) is 5.91 Å². The minimum absolute atomic E-state index is 0. The first-order chi connectivity index (χ1) is 13.4. The highest BCUT2D eigenvalue weighted by molar-refractivity contribution is 14.0. The average molecular weight is 572 g/mol. The molecule has 0 aliphatic heterocycles. The molecule has 2 aromatic carbocycles. The lowest BCUT2D eigenvalue weighted by atomic mass is 10.1. The summed E-state index contributed by atoms with van der Waals surface area (Å²) in [6.07, 6.45) is 0. The molecule has 6 nitrogen and oxygen atoms in total. The minimum Gasteiger partial charge on any atom is -0.489 e. The summed E-state index contributed by atoms with van der Waals surface area (Å²) in [7, 11) is 3.28. The van der Waals surface area contributed by atoms with Crippen LogP contribution in [0.25, 0.3) is 0 Å².